The van der Waals surface area contributed by atoms with E-state index in [1.807, 2.05) is 0 Å². The van der Waals surface area contributed by atoms with E-state index in [0.29, 0.717) is 12.0 Å². The third-order valence-electron chi connectivity index (χ3n) is 1.98. The Bertz CT molecular complexity index is 292. The second-order valence-electron chi connectivity index (χ2n) is 2.85. The number of aliphatic carboxylic acids is 1. The number of benzene rings is 1. The van der Waals surface area contributed by atoms with Crippen molar-refractivity contribution in [2.75, 3.05) is 0 Å². The molecule has 0 bridgehead atoms. The van der Waals surface area contributed by atoms with Gasteiger partial charge in [-0.2, -0.15) is 0 Å². The maximum Gasteiger partial charge on any atom is 0.310 e. The van der Waals surface area contributed by atoms with E-state index in [4.69, 9.17) is 5.11 Å². The van der Waals surface area contributed by atoms with Gasteiger partial charge in [0.05, 0.1) is 5.92 Å². The molecule has 2 nitrogen and oxygen atoms in total. The molecular weight excluding hydrogens is 171 g/mol. The number of carbonyl (C=O) groups is 1. The van der Waals surface area contributed by atoms with Gasteiger partial charge in [-0.05, 0) is 24.1 Å². The molecule has 1 N–H and O–H groups in total. The van der Waals surface area contributed by atoms with E-state index in [0.717, 1.165) is 0 Å². The van der Waals surface area contributed by atoms with E-state index in [1.165, 1.54) is 24.3 Å². The van der Waals surface area contributed by atoms with Crippen LogP contribution in [0.15, 0.2) is 24.3 Å². The second-order valence-corrected chi connectivity index (χ2v) is 2.85. The van der Waals surface area contributed by atoms with Crippen LogP contribution in [-0.4, -0.2) is 11.1 Å². The molecular formula is C10H11FO2. The van der Waals surface area contributed by atoms with Crippen molar-refractivity contribution in [1.29, 1.82) is 0 Å². The molecule has 13 heavy (non-hydrogen) atoms. The van der Waals surface area contributed by atoms with Crippen LogP contribution >= 0.6 is 0 Å². The standard InChI is InChI=1S/C10H11FO2/c1-2-9(10(12)13)7-3-5-8(11)6-4-7/h3-6,9H,2H2,1H3,(H,12,13). The lowest BCUT2D eigenvalue weighted by Crippen LogP contribution is -2.10. The molecule has 0 aliphatic rings. The lowest BCUT2D eigenvalue weighted by molar-refractivity contribution is -0.138. The first-order valence-corrected chi connectivity index (χ1v) is 4.13. The molecule has 1 atom stereocenters. The number of hydrogen-bond acceptors (Lipinski definition) is 1. The number of halogens is 1. The van der Waals surface area contributed by atoms with E-state index in [9.17, 15) is 9.18 Å². The maximum atomic E-state index is 12.5. The SMILES string of the molecule is CCC(C(=O)O)c1ccc(F)cc1. The quantitative estimate of drug-likeness (QED) is 0.779. The average molecular weight is 182 g/mol. The topological polar surface area (TPSA) is 37.3 Å². The van der Waals surface area contributed by atoms with E-state index >= 15 is 0 Å². The summed E-state index contributed by atoms with van der Waals surface area (Å²) >= 11 is 0. The predicted molar refractivity (Wildman–Crippen MR) is 47.1 cm³/mol. The highest BCUT2D eigenvalue weighted by molar-refractivity contribution is 5.75. The molecule has 0 amide bonds. The van der Waals surface area contributed by atoms with Gasteiger partial charge in [0.1, 0.15) is 5.82 Å². The summed E-state index contributed by atoms with van der Waals surface area (Å²) in [5.74, 6) is -1.74. The van der Waals surface area contributed by atoms with Crippen LogP contribution in [0.4, 0.5) is 4.39 Å². The third-order valence-corrected chi connectivity index (χ3v) is 1.98. The normalized spacial score (nSPS) is 12.5. The minimum atomic E-state index is -0.867. The Labute approximate surface area is 76.0 Å². The van der Waals surface area contributed by atoms with Crippen LogP contribution in [0, 0.1) is 5.82 Å². The van der Waals surface area contributed by atoms with Crippen molar-refractivity contribution in [2.24, 2.45) is 0 Å². The van der Waals surface area contributed by atoms with Gasteiger partial charge in [-0.3, -0.25) is 4.79 Å². The van der Waals surface area contributed by atoms with Gasteiger partial charge in [0.2, 0.25) is 0 Å². The molecule has 1 unspecified atom stereocenters. The summed E-state index contributed by atoms with van der Waals surface area (Å²) in [7, 11) is 0. The van der Waals surface area contributed by atoms with Crippen molar-refractivity contribution in [1.82, 2.24) is 0 Å². The monoisotopic (exact) mass is 182 g/mol. The summed E-state index contributed by atoms with van der Waals surface area (Å²) in [6.07, 6.45) is 0.515. The second kappa shape index (κ2) is 4.03. The molecule has 0 aliphatic carbocycles. The van der Waals surface area contributed by atoms with Crippen molar-refractivity contribution in [3.63, 3.8) is 0 Å². The van der Waals surface area contributed by atoms with Gasteiger partial charge in [-0.25, -0.2) is 4.39 Å². The highest BCUT2D eigenvalue weighted by Gasteiger charge is 2.16. The van der Waals surface area contributed by atoms with E-state index < -0.39 is 11.9 Å². The first-order valence-electron chi connectivity index (χ1n) is 4.13. The highest BCUT2D eigenvalue weighted by Crippen LogP contribution is 2.19. The van der Waals surface area contributed by atoms with Crippen molar-refractivity contribution < 1.29 is 14.3 Å². The van der Waals surface area contributed by atoms with Crippen LogP contribution in [0.2, 0.25) is 0 Å². The van der Waals surface area contributed by atoms with E-state index in [-0.39, 0.29) is 5.82 Å². The molecule has 0 radical (unpaired) electrons. The smallest absolute Gasteiger partial charge is 0.310 e. The first kappa shape index (κ1) is 9.71. The molecule has 70 valence electrons. The molecule has 1 aromatic rings. The number of hydrogen-bond donors (Lipinski definition) is 1. The molecule has 0 spiro atoms. The zero-order valence-corrected chi connectivity index (χ0v) is 7.33. The molecule has 0 aromatic heterocycles. The minimum Gasteiger partial charge on any atom is -0.481 e. The van der Waals surface area contributed by atoms with Gasteiger partial charge in [0, 0.05) is 0 Å². The number of carboxylic acid groups (broad SMARTS) is 1. The van der Waals surface area contributed by atoms with Gasteiger partial charge in [0.25, 0.3) is 0 Å². The molecule has 0 aliphatic heterocycles. The number of rotatable bonds is 3. The summed E-state index contributed by atoms with van der Waals surface area (Å²) in [6, 6.07) is 5.58. The van der Waals surface area contributed by atoms with Crippen LogP contribution < -0.4 is 0 Å². The van der Waals surface area contributed by atoms with Crippen molar-refractivity contribution in [2.45, 2.75) is 19.3 Å². The van der Waals surface area contributed by atoms with Crippen molar-refractivity contribution in [3.8, 4) is 0 Å². The summed E-state index contributed by atoms with van der Waals surface area (Å²) in [5, 5.41) is 8.80. The Morgan fingerprint density at radius 1 is 1.46 bits per heavy atom. The fraction of sp³-hybridized carbons (Fsp3) is 0.300. The van der Waals surface area contributed by atoms with Gasteiger partial charge in [0.15, 0.2) is 0 Å². The summed E-state index contributed by atoms with van der Waals surface area (Å²) in [5.41, 5.74) is 0.649. The Balaban J connectivity index is 2.92. The van der Waals surface area contributed by atoms with Crippen LogP contribution in [0.3, 0.4) is 0 Å². The van der Waals surface area contributed by atoms with Gasteiger partial charge < -0.3 is 5.11 Å². The summed E-state index contributed by atoms with van der Waals surface area (Å²) < 4.78 is 12.5. The predicted octanol–water partition coefficient (Wildman–Crippen LogP) is 2.40. The molecule has 0 saturated carbocycles. The summed E-state index contributed by atoms with van der Waals surface area (Å²) in [4.78, 5) is 10.7. The fourth-order valence-electron chi connectivity index (χ4n) is 1.25. The minimum absolute atomic E-state index is 0.344. The van der Waals surface area contributed by atoms with Gasteiger partial charge in [-0.1, -0.05) is 19.1 Å². The third kappa shape index (κ3) is 2.28. The summed E-state index contributed by atoms with van der Waals surface area (Å²) in [6.45, 7) is 1.79. The Hall–Kier alpha value is -1.38. The molecule has 0 heterocycles. The van der Waals surface area contributed by atoms with Crippen LogP contribution in [0.5, 0.6) is 0 Å². The Morgan fingerprint density at radius 3 is 2.38 bits per heavy atom. The van der Waals surface area contributed by atoms with Gasteiger partial charge >= 0.3 is 5.97 Å². The fourth-order valence-corrected chi connectivity index (χ4v) is 1.25. The van der Waals surface area contributed by atoms with Crippen molar-refractivity contribution >= 4 is 5.97 Å². The van der Waals surface area contributed by atoms with Crippen LogP contribution in [0.1, 0.15) is 24.8 Å². The molecule has 0 fully saturated rings. The Morgan fingerprint density at radius 2 is 2.00 bits per heavy atom. The van der Waals surface area contributed by atoms with E-state index in [2.05, 4.69) is 0 Å². The van der Waals surface area contributed by atoms with E-state index in [1.54, 1.807) is 6.92 Å². The maximum absolute atomic E-state index is 12.5. The highest BCUT2D eigenvalue weighted by atomic mass is 19.1. The van der Waals surface area contributed by atoms with Crippen molar-refractivity contribution in [3.05, 3.63) is 35.6 Å². The largest absolute Gasteiger partial charge is 0.481 e. The zero-order valence-electron chi connectivity index (χ0n) is 7.33. The molecule has 3 heteroatoms. The Kier molecular flexibility index (Phi) is 3.01. The van der Waals surface area contributed by atoms with Gasteiger partial charge in [-0.15, -0.1) is 0 Å². The first-order chi connectivity index (χ1) is 6.15. The van der Waals surface area contributed by atoms with Crippen LogP contribution in [0.25, 0.3) is 0 Å². The molecule has 1 aromatic carbocycles. The lowest BCUT2D eigenvalue weighted by atomic mass is 9.97. The lowest BCUT2D eigenvalue weighted by Gasteiger charge is -2.08. The molecule has 1 rings (SSSR count). The van der Waals surface area contributed by atoms with Crippen LogP contribution in [-0.2, 0) is 4.79 Å². The zero-order chi connectivity index (χ0) is 9.84. The number of carboxylic acids is 1. The average Bonchev–Trinajstić information content (AvgIpc) is 2.09. The molecule has 0 saturated heterocycles.